The highest BCUT2D eigenvalue weighted by atomic mass is 19.1. The van der Waals surface area contributed by atoms with Crippen LogP contribution in [-0.2, 0) is 6.42 Å². The van der Waals surface area contributed by atoms with E-state index in [1.807, 2.05) is 0 Å². The molecule has 0 amide bonds. The molecule has 1 N–H and O–H groups in total. The molecule has 1 aromatic heterocycles. The highest BCUT2D eigenvalue weighted by Crippen LogP contribution is 2.21. The fourth-order valence-corrected chi connectivity index (χ4v) is 1.77. The van der Waals surface area contributed by atoms with Gasteiger partial charge in [0.1, 0.15) is 5.82 Å². The Morgan fingerprint density at radius 1 is 1.28 bits per heavy atom. The van der Waals surface area contributed by atoms with Crippen molar-refractivity contribution in [2.75, 3.05) is 6.54 Å². The third-order valence-electron chi connectivity index (χ3n) is 2.92. The molecule has 4 nitrogen and oxygen atoms in total. The lowest BCUT2D eigenvalue weighted by molar-refractivity contribution is 0.490. The van der Waals surface area contributed by atoms with Crippen molar-refractivity contribution in [2.24, 2.45) is 0 Å². The predicted molar refractivity (Wildman–Crippen MR) is 64.4 cm³/mol. The molecule has 0 aliphatic heterocycles. The molecule has 1 aliphatic carbocycles. The van der Waals surface area contributed by atoms with Crippen LogP contribution in [0.25, 0.3) is 11.5 Å². The van der Waals surface area contributed by atoms with Gasteiger partial charge in [0.2, 0.25) is 5.89 Å². The van der Waals surface area contributed by atoms with Gasteiger partial charge in [-0.05, 0) is 25.0 Å². The van der Waals surface area contributed by atoms with Crippen LogP contribution in [0.4, 0.5) is 4.39 Å². The molecule has 0 atom stereocenters. The topological polar surface area (TPSA) is 51.0 Å². The molecule has 0 unspecified atom stereocenters. The third kappa shape index (κ3) is 2.56. The zero-order chi connectivity index (χ0) is 12.4. The van der Waals surface area contributed by atoms with Gasteiger partial charge in [-0.1, -0.05) is 12.1 Å². The Morgan fingerprint density at radius 3 is 2.89 bits per heavy atom. The molecular formula is C13H14FN3O. The van der Waals surface area contributed by atoms with Gasteiger partial charge in [-0.2, -0.15) is 0 Å². The fourth-order valence-electron chi connectivity index (χ4n) is 1.77. The Labute approximate surface area is 104 Å². The van der Waals surface area contributed by atoms with Gasteiger partial charge in [-0.3, -0.25) is 0 Å². The van der Waals surface area contributed by atoms with Crippen molar-refractivity contribution < 1.29 is 8.81 Å². The molecule has 5 heteroatoms. The van der Waals surface area contributed by atoms with E-state index in [9.17, 15) is 4.39 Å². The summed E-state index contributed by atoms with van der Waals surface area (Å²) < 4.78 is 19.0. The standard InChI is InChI=1S/C13H14FN3O/c14-11-4-2-1-3-10(11)13-17-16-12(18-13)7-8-15-9-5-6-9/h1-4,9,15H,5-8H2. The Bertz CT molecular complexity index is 537. The average Bonchev–Trinajstić information content (AvgIpc) is 3.08. The van der Waals surface area contributed by atoms with Crippen LogP contribution >= 0.6 is 0 Å². The van der Waals surface area contributed by atoms with E-state index in [0.717, 1.165) is 6.54 Å². The lowest BCUT2D eigenvalue weighted by atomic mass is 10.2. The molecule has 0 bridgehead atoms. The van der Waals surface area contributed by atoms with E-state index in [2.05, 4.69) is 15.5 Å². The summed E-state index contributed by atoms with van der Waals surface area (Å²) in [5, 5.41) is 11.2. The quantitative estimate of drug-likeness (QED) is 0.879. The van der Waals surface area contributed by atoms with Crippen molar-refractivity contribution >= 4 is 0 Å². The van der Waals surface area contributed by atoms with Crippen LogP contribution in [0.5, 0.6) is 0 Å². The summed E-state index contributed by atoms with van der Waals surface area (Å²) in [6.07, 6.45) is 3.19. The van der Waals surface area contributed by atoms with E-state index in [-0.39, 0.29) is 11.7 Å². The van der Waals surface area contributed by atoms with Crippen LogP contribution in [0.15, 0.2) is 28.7 Å². The van der Waals surface area contributed by atoms with Crippen LogP contribution in [0.2, 0.25) is 0 Å². The van der Waals surface area contributed by atoms with E-state index in [1.165, 1.54) is 18.9 Å². The van der Waals surface area contributed by atoms with Gasteiger partial charge in [0.15, 0.2) is 0 Å². The predicted octanol–water partition coefficient (Wildman–Crippen LogP) is 2.17. The summed E-state index contributed by atoms with van der Waals surface area (Å²) in [5.74, 6) is 0.444. The van der Waals surface area contributed by atoms with Gasteiger partial charge in [-0.25, -0.2) is 4.39 Å². The summed E-state index contributed by atoms with van der Waals surface area (Å²) in [5.41, 5.74) is 0.353. The molecule has 1 aromatic carbocycles. The summed E-state index contributed by atoms with van der Waals surface area (Å²) in [6.45, 7) is 0.823. The maximum atomic E-state index is 13.5. The summed E-state index contributed by atoms with van der Waals surface area (Å²) in [4.78, 5) is 0. The normalized spacial score (nSPS) is 14.9. The number of hydrogen-bond donors (Lipinski definition) is 1. The molecule has 1 heterocycles. The molecule has 1 fully saturated rings. The van der Waals surface area contributed by atoms with Gasteiger partial charge in [0, 0.05) is 19.0 Å². The van der Waals surface area contributed by atoms with Crippen molar-refractivity contribution in [3.05, 3.63) is 36.0 Å². The molecule has 18 heavy (non-hydrogen) atoms. The second kappa shape index (κ2) is 4.86. The van der Waals surface area contributed by atoms with E-state index in [4.69, 9.17) is 4.42 Å². The zero-order valence-corrected chi connectivity index (χ0v) is 9.90. The Balaban J connectivity index is 1.66. The lowest BCUT2D eigenvalue weighted by Gasteiger charge is -1.98. The summed E-state index contributed by atoms with van der Waals surface area (Å²) in [7, 11) is 0. The van der Waals surface area contributed by atoms with Gasteiger partial charge in [-0.15, -0.1) is 10.2 Å². The van der Waals surface area contributed by atoms with Crippen molar-refractivity contribution in [3.63, 3.8) is 0 Å². The number of nitrogens with one attached hydrogen (secondary N) is 1. The summed E-state index contributed by atoms with van der Waals surface area (Å²) >= 11 is 0. The first-order chi connectivity index (χ1) is 8.83. The third-order valence-corrected chi connectivity index (χ3v) is 2.92. The minimum atomic E-state index is -0.344. The molecule has 0 radical (unpaired) electrons. The number of nitrogens with zero attached hydrogens (tertiary/aromatic N) is 2. The van der Waals surface area contributed by atoms with Crippen LogP contribution in [0, 0.1) is 5.82 Å². The molecule has 0 saturated heterocycles. The average molecular weight is 247 g/mol. The minimum Gasteiger partial charge on any atom is -0.421 e. The minimum absolute atomic E-state index is 0.245. The first-order valence-corrected chi connectivity index (χ1v) is 6.13. The smallest absolute Gasteiger partial charge is 0.250 e. The first-order valence-electron chi connectivity index (χ1n) is 6.13. The highest BCUT2D eigenvalue weighted by Gasteiger charge is 2.20. The Kier molecular flexibility index (Phi) is 3.06. The number of rotatable bonds is 5. The molecule has 0 spiro atoms. The van der Waals surface area contributed by atoms with Gasteiger partial charge in [0.05, 0.1) is 5.56 Å². The van der Waals surface area contributed by atoms with Crippen molar-refractivity contribution in [1.29, 1.82) is 0 Å². The van der Waals surface area contributed by atoms with Crippen LogP contribution in [-0.4, -0.2) is 22.8 Å². The van der Waals surface area contributed by atoms with E-state index >= 15 is 0 Å². The van der Waals surface area contributed by atoms with E-state index in [0.29, 0.717) is 23.9 Å². The maximum absolute atomic E-state index is 13.5. The molecule has 1 saturated carbocycles. The second-order valence-electron chi connectivity index (χ2n) is 4.46. The number of aromatic nitrogens is 2. The maximum Gasteiger partial charge on any atom is 0.250 e. The number of hydrogen-bond acceptors (Lipinski definition) is 4. The van der Waals surface area contributed by atoms with Crippen molar-refractivity contribution in [1.82, 2.24) is 15.5 Å². The van der Waals surface area contributed by atoms with Crippen molar-refractivity contribution in [2.45, 2.75) is 25.3 Å². The number of halogens is 1. The first kappa shape index (κ1) is 11.3. The fraction of sp³-hybridized carbons (Fsp3) is 0.385. The number of benzene rings is 1. The largest absolute Gasteiger partial charge is 0.421 e. The molecular weight excluding hydrogens is 233 g/mol. The van der Waals surface area contributed by atoms with Crippen LogP contribution < -0.4 is 5.32 Å². The SMILES string of the molecule is Fc1ccccc1-c1nnc(CCNC2CC2)o1. The molecule has 2 aromatic rings. The molecule has 3 rings (SSSR count). The molecule has 1 aliphatic rings. The van der Waals surface area contributed by atoms with Crippen LogP contribution in [0.1, 0.15) is 18.7 Å². The Hall–Kier alpha value is -1.75. The highest BCUT2D eigenvalue weighted by molar-refractivity contribution is 5.53. The second-order valence-corrected chi connectivity index (χ2v) is 4.46. The molecule has 94 valence electrons. The van der Waals surface area contributed by atoms with E-state index < -0.39 is 0 Å². The van der Waals surface area contributed by atoms with E-state index in [1.54, 1.807) is 18.2 Å². The monoisotopic (exact) mass is 247 g/mol. The lowest BCUT2D eigenvalue weighted by Crippen LogP contribution is -2.19. The van der Waals surface area contributed by atoms with Gasteiger partial charge in [0.25, 0.3) is 5.89 Å². The van der Waals surface area contributed by atoms with Gasteiger partial charge >= 0.3 is 0 Å². The van der Waals surface area contributed by atoms with Crippen LogP contribution in [0.3, 0.4) is 0 Å². The van der Waals surface area contributed by atoms with Crippen molar-refractivity contribution in [3.8, 4) is 11.5 Å². The van der Waals surface area contributed by atoms with Gasteiger partial charge < -0.3 is 9.73 Å². The summed E-state index contributed by atoms with van der Waals surface area (Å²) in [6, 6.07) is 7.06. The Morgan fingerprint density at radius 2 is 2.11 bits per heavy atom. The zero-order valence-electron chi connectivity index (χ0n) is 9.90.